The molecular weight excluding hydrogens is 653 g/mol. The van der Waals surface area contributed by atoms with Gasteiger partial charge in [0.2, 0.25) is 0 Å². The third kappa shape index (κ3) is 4.06. The molecule has 1 aromatic heterocycles. The molecule has 2 heteroatoms. The van der Waals surface area contributed by atoms with Gasteiger partial charge < -0.3 is 9.47 Å². The van der Waals surface area contributed by atoms with Gasteiger partial charge in [-0.25, -0.2) is 0 Å². The molecule has 0 saturated heterocycles. The molecule has 256 valence electrons. The van der Waals surface area contributed by atoms with E-state index in [0.29, 0.717) is 0 Å². The fourth-order valence-corrected chi connectivity index (χ4v) is 10.0. The molecule has 0 radical (unpaired) electrons. The Balaban J connectivity index is 1.23. The van der Waals surface area contributed by atoms with Crippen LogP contribution in [0.4, 0.5) is 17.1 Å². The number of rotatable bonds is 4. The Kier molecular flexibility index (Phi) is 6.55. The van der Waals surface area contributed by atoms with Crippen LogP contribution < -0.4 is 4.90 Å². The van der Waals surface area contributed by atoms with Crippen molar-refractivity contribution < 1.29 is 0 Å². The van der Waals surface area contributed by atoms with Gasteiger partial charge in [-0.2, -0.15) is 0 Å². The first-order valence-corrected chi connectivity index (χ1v) is 19.0. The van der Waals surface area contributed by atoms with Crippen molar-refractivity contribution in [1.82, 2.24) is 4.57 Å². The van der Waals surface area contributed by atoms with Crippen molar-refractivity contribution in [3.8, 4) is 16.8 Å². The van der Waals surface area contributed by atoms with Crippen molar-refractivity contribution in [3.63, 3.8) is 0 Å². The van der Waals surface area contributed by atoms with Crippen LogP contribution in [0.5, 0.6) is 0 Å². The third-order valence-corrected chi connectivity index (χ3v) is 12.2. The third-order valence-electron chi connectivity index (χ3n) is 12.2. The summed E-state index contributed by atoms with van der Waals surface area (Å²) in [6, 6.07) is 71.9. The van der Waals surface area contributed by atoms with Gasteiger partial charge in [-0.1, -0.05) is 159 Å². The molecule has 9 aromatic rings. The van der Waals surface area contributed by atoms with E-state index in [1.807, 2.05) is 0 Å². The molecule has 11 rings (SSSR count). The second-order valence-corrected chi connectivity index (χ2v) is 15.3. The molecule has 54 heavy (non-hydrogen) atoms. The second kappa shape index (κ2) is 11.4. The first kappa shape index (κ1) is 30.9. The number of nitrogens with zero attached hydrogens (tertiary/aromatic N) is 2. The summed E-state index contributed by atoms with van der Waals surface area (Å²) in [5.74, 6) is 0. The van der Waals surface area contributed by atoms with E-state index in [0.717, 1.165) is 17.1 Å². The Hall–Kier alpha value is -6.64. The largest absolute Gasteiger partial charge is 0.310 e. The van der Waals surface area contributed by atoms with Crippen molar-refractivity contribution in [2.24, 2.45) is 0 Å². The summed E-state index contributed by atoms with van der Waals surface area (Å²) in [5.41, 5.74) is 17.1. The molecular formula is C52H38N2. The number of para-hydroxylation sites is 3. The molecule has 1 heterocycles. The summed E-state index contributed by atoms with van der Waals surface area (Å²) in [7, 11) is 0. The predicted molar refractivity (Wildman–Crippen MR) is 225 cm³/mol. The first-order valence-electron chi connectivity index (χ1n) is 19.0. The summed E-state index contributed by atoms with van der Waals surface area (Å²) in [5, 5.41) is 2.50. The highest BCUT2D eigenvalue weighted by Gasteiger charge is 2.53. The average molecular weight is 691 g/mol. The quantitative estimate of drug-likeness (QED) is 0.178. The van der Waals surface area contributed by atoms with Crippen LogP contribution in [0.1, 0.15) is 47.2 Å². The fourth-order valence-electron chi connectivity index (χ4n) is 10.0. The molecule has 0 bridgehead atoms. The lowest BCUT2D eigenvalue weighted by molar-refractivity contribution is 0.563. The van der Waals surface area contributed by atoms with Crippen LogP contribution in [0.15, 0.2) is 194 Å². The van der Waals surface area contributed by atoms with Crippen LogP contribution in [0.2, 0.25) is 0 Å². The first-order chi connectivity index (χ1) is 26.6. The Morgan fingerprint density at radius 2 is 0.963 bits per heavy atom. The van der Waals surface area contributed by atoms with Gasteiger partial charge in [-0.15, -0.1) is 0 Å². The summed E-state index contributed by atoms with van der Waals surface area (Å²) in [4.78, 5) is 2.48. The van der Waals surface area contributed by atoms with Crippen LogP contribution in [0.25, 0.3) is 38.6 Å². The highest BCUT2D eigenvalue weighted by atomic mass is 15.1. The maximum absolute atomic E-state index is 2.48. The molecule has 0 N–H and O–H groups in total. The van der Waals surface area contributed by atoms with Gasteiger partial charge in [0.1, 0.15) is 0 Å². The van der Waals surface area contributed by atoms with Crippen molar-refractivity contribution in [2.45, 2.75) is 24.7 Å². The summed E-state index contributed by atoms with van der Waals surface area (Å²) in [6.07, 6.45) is 0. The number of benzene rings is 8. The van der Waals surface area contributed by atoms with E-state index >= 15 is 0 Å². The lowest BCUT2D eigenvalue weighted by Gasteiger charge is -2.46. The average Bonchev–Trinajstić information content (AvgIpc) is 3.72. The smallest absolute Gasteiger partial charge is 0.0720 e. The SMILES string of the molecule is CC1(C)c2ccccc2C2(c3ccccc3-c3c(N(c4ccccc4)c4ccc5c6ccccc6n(-c6ccccc6)c5c4)cccc32)c2ccccc21. The maximum atomic E-state index is 2.48. The summed E-state index contributed by atoms with van der Waals surface area (Å²) in [6.45, 7) is 4.77. The lowest BCUT2D eigenvalue weighted by atomic mass is 9.55. The number of anilines is 3. The van der Waals surface area contributed by atoms with E-state index in [2.05, 4.69) is 217 Å². The van der Waals surface area contributed by atoms with Crippen LogP contribution in [-0.4, -0.2) is 4.57 Å². The minimum atomic E-state index is -0.462. The van der Waals surface area contributed by atoms with Crippen molar-refractivity contribution in [1.29, 1.82) is 0 Å². The van der Waals surface area contributed by atoms with Crippen LogP contribution >= 0.6 is 0 Å². The summed E-state index contributed by atoms with van der Waals surface area (Å²) >= 11 is 0. The predicted octanol–water partition coefficient (Wildman–Crippen LogP) is 13.3. The lowest BCUT2D eigenvalue weighted by Crippen LogP contribution is -2.40. The zero-order valence-electron chi connectivity index (χ0n) is 30.4. The van der Waals surface area contributed by atoms with Gasteiger partial charge in [0.15, 0.2) is 0 Å². The minimum Gasteiger partial charge on any atom is -0.310 e. The maximum Gasteiger partial charge on any atom is 0.0720 e. The van der Waals surface area contributed by atoms with Crippen molar-refractivity contribution in [2.75, 3.05) is 4.90 Å². The Morgan fingerprint density at radius 1 is 0.407 bits per heavy atom. The summed E-state index contributed by atoms with van der Waals surface area (Å²) < 4.78 is 2.41. The second-order valence-electron chi connectivity index (χ2n) is 15.3. The zero-order chi connectivity index (χ0) is 36.0. The molecule has 2 nitrogen and oxygen atoms in total. The van der Waals surface area contributed by atoms with E-state index < -0.39 is 5.41 Å². The number of fused-ring (bicyclic) bond motifs is 12. The Morgan fingerprint density at radius 3 is 1.69 bits per heavy atom. The molecule has 0 fully saturated rings. The molecule has 0 amide bonds. The highest BCUT2D eigenvalue weighted by molar-refractivity contribution is 6.10. The minimum absolute atomic E-state index is 0.142. The molecule has 1 spiro atoms. The van der Waals surface area contributed by atoms with E-state index in [-0.39, 0.29) is 5.41 Å². The van der Waals surface area contributed by atoms with Crippen LogP contribution in [0, 0.1) is 0 Å². The Bertz CT molecular complexity index is 2870. The van der Waals surface area contributed by atoms with Crippen LogP contribution in [0.3, 0.4) is 0 Å². The van der Waals surface area contributed by atoms with E-state index in [9.17, 15) is 0 Å². The van der Waals surface area contributed by atoms with Gasteiger partial charge in [0, 0.05) is 38.8 Å². The standard InChI is InChI=1S/C52H38N2/c1-51(2)42-25-12-14-27-44(42)52(45-28-15-13-26-43(45)51)41-24-11-9-23-40(41)50-46(52)29-17-31-48(50)53(35-18-5-3-6-19-35)37-32-33-39-38-22-10-16-30-47(38)54(49(39)34-37)36-20-7-4-8-21-36/h3-34H,1-2H3. The number of hydrogen-bond donors (Lipinski definition) is 0. The number of hydrogen-bond acceptors (Lipinski definition) is 1. The van der Waals surface area contributed by atoms with Crippen LogP contribution in [-0.2, 0) is 10.8 Å². The zero-order valence-corrected chi connectivity index (χ0v) is 30.4. The Labute approximate surface area is 316 Å². The molecule has 0 aliphatic heterocycles. The fraction of sp³-hybridized carbons (Fsp3) is 0.0769. The topological polar surface area (TPSA) is 8.17 Å². The van der Waals surface area contributed by atoms with Gasteiger partial charge in [0.05, 0.1) is 22.1 Å². The van der Waals surface area contributed by atoms with Gasteiger partial charge >= 0.3 is 0 Å². The molecule has 0 saturated carbocycles. The van der Waals surface area contributed by atoms with Crippen molar-refractivity contribution >= 4 is 38.9 Å². The van der Waals surface area contributed by atoms with Gasteiger partial charge in [-0.05, 0) is 87.5 Å². The highest BCUT2D eigenvalue weighted by Crippen LogP contribution is 2.64. The van der Waals surface area contributed by atoms with E-state index in [1.165, 1.54) is 72.0 Å². The molecule has 8 aromatic carbocycles. The molecule has 2 aliphatic carbocycles. The van der Waals surface area contributed by atoms with Gasteiger partial charge in [0.25, 0.3) is 0 Å². The molecule has 2 aliphatic rings. The van der Waals surface area contributed by atoms with Crippen molar-refractivity contribution in [3.05, 3.63) is 228 Å². The van der Waals surface area contributed by atoms with Gasteiger partial charge in [-0.3, -0.25) is 0 Å². The monoisotopic (exact) mass is 690 g/mol. The van der Waals surface area contributed by atoms with E-state index in [1.54, 1.807) is 0 Å². The molecule has 0 unspecified atom stereocenters. The number of aromatic nitrogens is 1. The molecule has 0 atom stereocenters. The normalized spacial score (nSPS) is 14.4. The van der Waals surface area contributed by atoms with E-state index in [4.69, 9.17) is 0 Å².